The normalized spacial score (nSPS) is 28.1. The quantitative estimate of drug-likeness (QED) is 0.900. The lowest BCUT2D eigenvalue weighted by molar-refractivity contribution is -0.00987. The molecule has 1 amide bonds. The highest BCUT2D eigenvalue weighted by Crippen LogP contribution is 2.72. The van der Waals surface area contributed by atoms with Gasteiger partial charge < -0.3 is 15.2 Å². The Bertz CT molecular complexity index is 532. The van der Waals surface area contributed by atoms with Crippen LogP contribution in [-0.2, 0) is 10.3 Å². The van der Waals surface area contributed by atoms with Crippen LogP contribution in [0.3, 0.4) is 0 Å². The Morgan fingerprint density at radius 1 is 1.33 bits per heavy atom. The highest BCUT2D eigenvalue weighted by atomic mass is 16.6. The summed E-state index contributed by atoms with van der Waals surface area (Å²) in [4.78, 5) is 11.8. The summed E-state index contributed by atoms with van der Waals surface area (Å²) in [6, 6.07) is 7.99. The number of nitrogens with one attached hydrogen (secondary N) is 1. The molecule has 0 heterocycles. The van der Waals surface area contributed by atoms with Crippen molar-refractivity contribution in [2.24, 2.45) is 10.8 Å². The number of aliphatic hydroxyl groups excluding tert-OH is 1. The van der Waals surface area contributed by atoms with Crippen LogP contribution in [0, 0.1) is 17.8 Å². The number of carbonyl (C=O) groups excluding carboxylic acids is 1. The van der Waals surface area contributed by atoms with E-state index in [1.54, 1.807) is 7.05 Å². The molecule has 0 spiro atoms. The molecule has 2 rings (SSSR count). The molecule has 21 heavy (non-hydrogen) atoms. The second-order valence-electron chi connectivity index (χ2n) is 7.00. The molecular formula is C17H25NO3. The molecule has 0 unspecified atom stereocenters. The molecule has 1 aromatic carbocycles. The number of hydrogen-bond donors (Lipinski definition) is 2. The number of ether oxygens (including phenoxy) is 1. The van der Waals surface area contributed by atoms with Crippen LogP contribution in [0.2, 0.25) is 0 Å². The summed E-state index contributed by atoms with van der Waals surface area (Å²) in [7, 11) is 1.55. The third kappa shape index (κ3) is 2.31. The molecule has 0 bridgehead atoms. The number of amides is 1. The van der Waals surface area contributed by atoms with E-state index in [4.69, 9.17) is 4.74 Å². The van der Waals surface area contributed by atoms with E-state index < -0.39 is 17.1 Å². The summed E-state index contributed by atoms with van der Waals surface area (Å²) in [5.74, 6) is 0. The molecule has 0 saturated heterocycles. The van der Waals surface area contributed by atoms with Crippen molar-refractivity contribution < 1.29 is 14.6 Å². The van der Waals surface area contributed by atoms with E-state index in [2.05, 4.69) is 26.1 Å². The summed E-state index contributed by atoms with van der Waals surface area (Å²) in [6.07, 6.45) is 0.173. The van der Waals surface area contributed by atoms with Gasteiger partial charge >= 0.3 is 6.09 Å². The van der Waals surface area contributed by atoms with E-state index in [9.17, 15) is 9.90 Å². The number of aliphatic hydroxyl groups is 1. The summed E-state index contributed by atoms with van der Waals surface area (Å²) in [6.45, 7) is 8.23. The third-order valence-electron chi connectivity index (χ3n) is 4.89. The van der Waals surface area contributed by atoms with Crippen LogP contribution in [0.1, 0.15) is 38.3 Å². The summed E-state index contributed by atoms with van der Waals surface area (Å²) in [5, 5.41) is 12.5. The maximum absolute atomic E-state index is 11.8. The standard InChI is InChI=1S/C17H25NO3/c1-12-6-8-13(9-7-12)17(21-14(20)18-5)10-16(17,11-19)15(2,3)4/h6-9,19H,10-11H2,1-5H3,(H,18,20)/t16-,17-/m0/s1. The van der Waals surface area contributed by atoms with Crippen molar-refractivity contribution in [2.45, 2.75) is 39.7 Å². The molecule has 4 heteroatoms. The Balaban J connectivity index is 2.48. The van der Waals surface area contributed by atoms with Crippen molar-refractivity contribution in [2.75, 3.05) is 13.7 Å². The Morgan fingerprint density at radius 2 is 1.90 bits per heavy atom. The Hall–Kier alpha value is -1.55. The topological polar surface area (TPSA) is 58.6 Å². The maximum atomic E-state index is 11.8. The highest BCUT2D eigenvalue weighted by Gasteiger charge is 2.75. The molecule has 1 aliphatic carbocycles. The van der Waals surface area contributed by atoms with Crippen LogP contribution in [0.4, 0.5) is 4.79 Å². The van der Waals surface area contributed by atoms with Crippen LogP contribution in [0.25, 0.3) is 0 Å². The van der Waals surface area contributed by atoms with E-state index in [1.807, 2.05) is 31.2 Å². The van der Waals surface area contributed by atoms with E-state index in [-0.39, 0.29) is 12.0 Å². The zero-order valence-electron chi connectivity index (χ0n) is 13.5. The van der Waals surface area contributed by atoms with Crippen molar-refractivity contribution in [3.05, 3.63) is 35.4 Å². The summed E-state index contributed by atoms with van der Waals surface area (Å²) < 4.78 is 5.75. The minimum Gasteiger partial charge on any atom is -0.437 e. The van der Waals surface area contributed by atoms with Crippen molar-refractivity contribution in [3.63, 3.8) is 0 Å². The van der Waals surface area contributed by atoms with Gasteiger partial charge in [-0.3, -0.25) is 0 Å². The van der Waals surface area contributed by atoms with Gasteiger partial charge in [-0.15, -0.1) is 0 Å². The van der Waals surface area contributed by atoms with Gasteiger partial charge in [-0.05, 0) is 17.9 Å². The van der Waals surface area contributed by atoms with Gasteiger partial charge in [-0.25, -0.2) is 4.79 Å². The van der Waals surface area contributed by atoms with Crippen molar-refractivity contribution in [1.82, 2.24) is 5.32 Å². The lowest BCUT2D eigenvalue weighted by Gasteiger charge is -2.35. The molecule has 4 nitrogen and oxygen atoms in total. The number of aryl methyl sites for hydroxylation is 1. The first kappa shape index (κ1) is 15.8. The summed E-state index contributed by atoms with van der Waals surface area (Å²) >= 11 is 0. The van der Waals surface area contributed by atoms with Crippen LogP contribution in [0.5, 0.6) is 0 Å². The average molecular weight is 291 g/mol. The first-order chi connectivity index (χ1) is 9.72. The fourth-order valence-electron chi connectivity index (χ4n) is 3.28. The third-order valence-corrected chi connectivity index (χ3v) is 4.89. The number of rotatable bonds is 3. The second-order valence-corrected chi connectivity index (χ2v) is 7.00. The fourth-order valence-corrected chi connectivity index (χ4v) is 3.28. The lowest BCUT2D eigenvalue weighted by Crippen LogP contribution is -2.38. The molecule has 1 fully saturated rings. The first-order valence-electron chi connectivity index (χ1n) is 7.31. The van der Waals surface area contributed by atoms with E-state index >= 15 is 0 Å². The second kappa shape index (κ2) is 5.02. The van der Waals surface area contributed by atoms with Crippen molar-refractivity contribution in [1.29, 1.82) is 0 Å². The Morgan fingerprint density at radius 3 is 2.29 bits per heavy atom. The number of alkyl carbamates (subject to hydrolysis) is 1. The predicted octanol–water partition coefficient (Wildman–Crippen LogP) is 2.97. The van der Waals surface area contributed by atoms with E-state index in [0.717, 1.165) is 11.1 Å². The van der Waals surface area contributed by atoms with Crippen molar-refractivity contribution >= 4 is 6.09 Å². The molecule has 0 aliphatic heterocycles. The molecule has 0 aromatic heterocycles. The van der Waals surface area contributed by atoms with Gasteiger partial charge in [0.2, 0.25) is 0 Å². The monoisotopic (exact) mass is 291 g/mol. The largest absolute Gasteiger partial charge is 0.437 e. The molecule has 116 valence electrons. The minimum absolute atomic E-state index is 0.0125. The van der Waals surface area contributed by atoms with Gasteiger partial charge in [0.1, 0.15) is 5.60 Å². The minimum atomic E-state index is -0.756. The van der Waals surface area contributed by atoms with Crippen LogP contribution >= 0.6 is 0 Å². The Labute approximate surface area is 126 Å². The number of benzene rings is 1. The number of carbonyl (C=O) groups is 1. The molecule has 0 radical (unpaired) electrons. The molecule has 1 aromatic rings. The van der Waals surface area contributed by atoms with E-state index in [1.165, 1.54) is 0 Å². The molecule has 1 aliphatic rings. The van der Waals surface area contributed by atoms with Gasteiger partial charge in [0, 0.05) is 18.9 Å². The SMILES string of the molecule is CNC(=O)O[C@]1(c2ccc(C)cc2)C[C@]1(CO)C(C)(C)C. The van der Waals surface area contributed by atoms with E-state index in [0.29, 0.717) is 6.42 Å². The van der Waals surface area contributed by atoms with Crippen LogP contribution in [0.15, 0.2) is 24.3 Å². The fraction of sp³-hybridized carbons (Fsp3) is 0.588. The lowest BCUT2D eigenvalue weighted by atomic mass is 9.74. The highest BCUT2D eigenvalue weighted by molar-refractivity contribution is 5.68. The van der Waals surface area contributed by atoms with Crippen LogP contribution < -0.4 is 5.32 Å². The predicted molar refractivity (Wildman–Crippen MR) is 82.0 cm³/mol. The van der Waals surface area contributed by atoms with Gasteiger partial charge in [-0.2, -0.15) is 0 Å². The zero-order chi connectivity index (χ0) is 15.9. The Kier molecular flexibility index (Phi) is 3.79. The molecular weight excluding hydrogens is 266 g/mol. The van der Waals surface area contributed by atoms with Gasteiger partial charge in [-0.1, -0.05) is 50.6 Å². The van der Waals surface area contributed by atoms with Gasteiger partial charge in [0.05, 0.1) is 6.61 Å². The van der Waals surface area contributed by atoms with Crippen LogP contribution in [-0.4, -0.2) is 24.9 Å². The number of hydrogen-bond acceptors (Lipinski definition) is 3. The van der Waals surface area contributed by atoms with Gasteiger partial charge in [0.25, 0.3) is 0 Å². The van der Waals surface area contributed by atoms with Gasteiger partial charge in [0.15, 0.2) is 0 Å². The molecule has 2 N–H and O–H groups in total. The summed E-state index contributed by atoms with van der Waals surface area (Å²) in [5.41, 5.74) is 0.705. The van der Waals surface area contributed by atoms with Crippen molar-refractivity contribution in [3.8, 4) is 0 Å². The molecule has 2 atom stereocenters. The zero-order valence-corrected chi connectivity index (χ0v) is 13.5. The molecule has 1 saturated carbocycles. The maximum Gasteiger partial charge on any atom is 0.407 e. The first-order valence-corrected chi connectivity index (χ1v) is 7.31. The average Bonchev–Trinajstić information content (AvgIpc) is 3.09. The smallest absolute Gasteiger partial charge is 0.407 e.